The number of nitrogens with one attached hydrogen (secondary N) is 1. The zero-order valence-electron chi connectivity index (χ0n) is 13.3. The summed E-state index contributed by atoms with van der Waals surface area (Å²) in [5, 5.41) is 3.49. The predicted octanol–water partition coefficient (Wildman–Crippen LogP) is 5.26. The minimum atomic E-state index is 0.442. The maximum absolute atomic E-state index is 6.01. The fourth-order valence-corrected chi connectivity index (χ4v) is 2.72. The van der Waals surface area contributed by atoms with Crippen LogP contribution in [0.25, 0.3) is 11.3 Å². The second-order valence-electron chi connectivity index (χ2n) is 5.75. The van der Waals surface area contributed by atoms with Crippen molar-refractivity contribution in [2.24, 2.45) is 0 Å². The van der Waals surface area contributed by atoms with E-state index in [2.05, 4.69) is 73.2 Å². The number of hydrogen-bond acceptors (Lipinski definition) is 2. The Balaban J connectivity index is 2.13. The predicted molar refractivity (Wildman–Crippen MR) is 92.8 cm³/mol. The Labute approximate surface area is 136 Å². The molecule has 1 heterocycles. The first-order chi connectivity index (χ1) is 10.0. The van der Waals surface area contributed by atoms with Crippen molar-refractivity contribution in [3.05, 3.63) is 45.6 Å². The van der Waals surface area contributed by atoms with Gasteiger partial charge in [-0.1, -0.05) is 22.9 Å². The quantitative estimate of drug-likeness (QED) is 0.769. The maximum Gasteiger partial charge on any atom is 0.134 e. The molecule has 1 unspecified atom stereocenters. The average molecular weight is 350 g/mol. The fraction of sp³-hybridized carbons (Fsp3) is 0.444. The standard InChI is InChI=1S/C18H24BrNO/c1-5-8-20-14(4)11-16-6-7-17(21-16)15-9-12(2)18(19)13(3)10-15/h6-7,9-10,14,20H,5,8,11H2,1-4H3. The Morgan fingerprint density at radius 2 is 1.86 bits per heavy atom. The molecule has 0 saturated carbocycles. The number of rotatable bonds is 6. The molecule has 0 spiro atoms. The number of hydrogen-bond donors (Lipinski definition) is 1. The molecule has 1 N–H and O–H groups in total. The van der Waals surface area contributed by atoms with Gasteiger partial charge < -0.3 is 9.73 Å². The smallest absolute Gasteiger partial charge is 0.134 e. The second-order valence-corrected chi connectivity index (χ2v) is 6.54. The van der Waals surface area contributed by atoms with Gasteiger partial charge >= 0.3 is 0 Å². The third-order valence-corrected chi connectivity index (χ3v) is 4.88. The summed E-state index contributed by atoms with van der Waals surface area (Å²) in [6.45, 7) is 9.66. The molecule has 2 nitrogen and oxygen atoms in total. The summed E-state index contributed by atoms with van der Waals surface area (Å²) in [7, 11) is 0. The molecule has 2 rings (SSSR count). The topological polar surface area (TPSA) is 25.2 Å². The Bertz CT molecular complexity index is 580. The van der Waals surface area contributed by atoms with E-state index in [9.17, 15) is 0 Å². The monoisotopic (exact) mass is 349 g/mol. The summed E-state index contributed by atoms with van der Waals surface area (Å²) in [6.07, 6.45) is 2.08. The van der Waals surface area contributed by atoms with E-state index < -0.39 is 0 Å². The molecule has 1 atom stereocenters. The molecule has 1 aromatic heterocycles. The van der Waals surface area contributed by atoms with Crippen LogP contribution in [0.4, 0.5) is 0 Å². The highest BCUT2D eigenvalue weighted by atomic mass is 79.9. The van der Waals surface area contributed by atoms with Crippen molar-refractivity contribution in [2.45, 2.75) is 46.6 Å². The van der Waals surface area contributed by atoms with E-state index in [1.807, 2.05) is 0 Å². The summed E-state index contributed by atoms with van der Waals surface area (Å²) < 4.78 is 7.19. The van der Waals surface area contributed by atoms with Crippen LogP contribution in [-0.4, -0.2) is 12.6 Å². The highest BCUT2D eigenvalue weighted by Gasteiger charge is 2.10. The van der Waals surface area contributed by atoms with Gasteiger partial charge in [0.05, 0.1) is 0 Å². The van der Waals surface area contributed by atoms with Gasteiger partial charge in [0.15, 0.2) is 0 Å². The zero-order chi connectivity index (χ0) is 15.4. The normalized spacial score (nSPS) is 12.6. The fourth-order valence-electron chi connectivity index (χ4n) is 2.50. The van der Waals surface area contributed by atoms with E-state index in [4.69, 9.17) is 4.42 Å². The number of aryl methyl sites for hydroxylation is 2. The van der Waals surface area contributed by atoms with Gasteiger partial charge in [-0.2, -0.15) is 0 Å². The van der Waals surface area contributed by atoms with Gasteiger partial charge in [0.2, 0.25) is 0 Å². The molecule has 0 amide bonds. The largest absolute Gasteiger partial charge is 0.461 e. The number of benzene rings is 1. The van der Waals surface area contributed by atoms with Gasteiger partial charge in [0, 0.05) is 22.5 Å². The van der Waals surface area contributed by atoms with E-state index >= 15 is 0 Å². The first-order valence-electron chi connectivity index (χ1n) is 7.60. The van der Waals surface area contributed by atoms with E-state index in [0.29, 0.717) is 6.04 Å². The van der Waals surface area contributed by atoms with Crippen molar-refractivity contribution in [3.63, 3.8) is 0 Å². The average Bonchev–Trinajstić information content (AvgIpc) is 2.90. The van der Waals surface area contributed by atoms with Gasteiger partial charge in [-0.15, -0.1) is 0 Å². The van der Waals surface area contributed by atoms with Crippen LogP contribution in [-0.2, 0) is 6.42 Å². The first-order valence-corrected chi connectivity index (χ1v) is 8.39. The second kappa shape index (κ2) is 7.28. The molecule has 3 heteroatoms. The molecule has 1 aromatic carbocycles. The summed E-state index contributed by atoms with van der Waals surface area (Å²) in [6, 6.07) is 8.94. The van der Waals surface area contributed by atoms with Gasteiger partial charge in [-0.05, 0) is 69.1 Å². The Hall–Kier alpha value is -1.06. The first kappa shape index (κ1) is 16.3. The van der Waals surface area contributed by atoms with Gasteiger partial charge in [-0.25, -0.2) is 0 Å². The molecule has 0 aliphatic rings. The third-order valence-electron chi connectivity index (χ3n) is 3.63. The SMILES string of the molecule is CCCNC(C)Cc1ccc(-c2cc(C)c(Br)c(C)c2)o1. The molecular formula is C18H24BrNO. The molecule has 0 aliphatic heterocycles. The van der Waals surface area contributed by atoms with Gasteiger partial charge in [-0.3, -0.25) is 0 Å². The van der Waals surface area contributed by atoms with E-state index in [1.165, 1.54) is 15.6 Å². The minimum Gasteiger partial charge on any atom is -0.461 e. The number of halogens is 1. The lowest BCUT2D eigenvalue weighted by Gasteiger charge is -2.11. The Morgan fingerprint density at radius 1 is 1.19 bits per heavy atom. The van der Waals surface area contributed by atoms with Gasteiger partial charge in [0.1, 0.15) is 11.5 Å². The van der Waals surface area contributed by atoms with E-state index in [0.717, 1.165) is 36.5 Å². The summed E-state index contributed by atoms with van der Waals surface area (Å²) in [5.41, 5.74) is 3.62. The van der Waals surface area contributed by atoms with E-state index in [1.54, 1.807) is 0 Å². The van der Waals surface area contributed by atoms with Crippen LogP contribution in [0, 0.1) is 13.8 Å². The highest BCUT2D eigenvalue weighted by molar-refractivity contribution is 9.10. The molecule has 0 bridgehead atoms. The molecule has 114 valence electrons. The van der Waals surface area contributed by atoms with Crippen molar-refractivity contribution in [3.8, 4) is 11.3 Å². The molecule has 0 aliphatic carbocycles. The van der Waals surface area contributed by atoms with Crippen LogP contribution in [0.3, 0.4) is 0 Å². The van der Waals surface area contributed by atoms with Crippen LogP contribution in [0.15, 0.2) is 33.2 Å². The van der Waals surface area contributed by atoms with Crippen molar-refractivity contribution in [1.82, 2.24) is 5.32 Å². The lowest BCUT2D eigenvalue weighted by atomic mass is 10.1. The van der Waals surface area contributed by atoms with Crippen molar-refractivity contribution in [2.75, 3.05) is 6.54 Å². The summed E-state index contributed by atoms with van der Waals surface area (Å²) in [5.74, 6) is 1.99. The molecule has 2 aromatic rings. The molecule has 0 radical (unpaired) electrons. The molecule has 21 heavy (non-hydrogen) atoms. The summed E-state index contributed by atoms with van der Waals surface area (Å²) >= 11 is 3.61. The van der Waals surface area contributed by atoms with Crippen molar-refractivity contribution in [1.29, 1.82) is 0 Å². The van der Waals surface area contributed by atoms with Crippen molar-refractivity contribution < 1.29 is 4.42 Å². The minimum absolute atomic E-state index is 0.442. The van der Waals surface area contributed by atoms with Crippen LogP contribution in [0.2, 0.25) is 0 Å². The van der Waals surface area contributed by atoms with Crippen LogP contribution in [0.5, 0.6) is 0 Å². The van der Waals surface area contributed by atoms with E-state index in [-0.39, 0.29) is 0 Å². The van der Waals surface area contributed by atoms with Crippen LogP contribution >= 0.6 is 15.9 Å². The van der Waals surface area contributed by atoms with Crippen LogP contribution < -0.4 is 5.32 Å². The third kappa shape index (κ3) is 4.21. The Morgan fingerprint density at radius 3 is 2.48 bits per heavy atom. The maximum atomic E-state index is 6.01. The highest BCUT2D eigenvalue weighted by Crippen LogP contribution is 2.29. The molecular weight excluding hydrogens is 326 g/mol. The van der Waals surface area contributed by atoms with Crippen molar-refractivity contribution >= 4 is 15.9 Å². The summed E-state index contributed by atoms with van der Waals surface area (Å²) in [4.78, 5) is 0. The lowest BCUT2D eigenvalue weighted by molar-refractivity contribution is 0.464. The zero-order valence-corrected chi connectivity index (χ0v) is 14.9. The van der Waals surface area contributed by atoms with Crippen LogP contribution in [0.1, 0.15) is 37.2 Å². The molecule has 0 saturated heterocycles. The molecule has 0 fully saturated rings. The lowest BCUT2D eigenvalue weighted by Crippen LogP contribution is -2.28. The number of furan rings is 1. The Kier molecular flexibility index (Phi) is 5.65. The van der Waals surface area contributed by atoms with Gasteiger partial charge in [0.25, 0.3) is 0 Å².